The molecule has 25 heavy (non-hydrogen) atoms. The smallest absolute Gasteiger partial charge is 0.115 e. The summed E-state index contributed by atoms with van der Waals surface area (Å²) in [6, 6.07) is 16.8. The highest BCUT2D eigenvalue weighted by Gasteiger charge is 2.43. The number of benzene rings is 2. The van der Waals surface area contributed by atoms with Crippen LogP contribution in [-0.4, -0.2) is 29.1 Å². The summed E-state index contributed by atoms with van der Waals surface area (Å²) in [4.78, 5) is 2.67. The maximum Gasteiger partial charge on any atom is 0.115 e. The first-order valence-electron chi connectivity index (χ1n) is 9.43. The van der Waals surface area contributed by atoms with E-state index in [-0.39, 0.29) is 5.41 Å². The summed E-state index contributed by atoms with van der Waals surface area (Å²) in [5.41, 5.74) is 2.86. The lowest BCUT2D eigenvalue weighted by atomic mass is 9.63. The van der Waals surface area contributed by atoms with Crippen LogP contribution >= 0.6 is 11.6 Å². The molecule has 0 aromatic heterocycles. The third kappa shape index (κ3) is 3.43. The number of nitrogens with zero attached hydrogens (tertiary/aromatic N) is 1. The van der Waals surface area contributed by atoms with Gasteiger partial charge in [-0.2, -0.15) is 0 Å². The minimum absolute atomic E-state index is 0.266. The van der Waals surface area contributed by atoms with Gasteiger partial charge >= 0.3 is 0 Å². The lowest BCUT2D eigenvalue weighted by molar-refractivity contribution is 0.0524. The number of aromatic hydroxyl groups is 1. The normalized spacial score (nSPS) is 26.5. The monoisotopic (exact) mass is 355 g/mol. The Morgan fingerprint density at radius 1 is 1.12 bits per heavy atom. The number of rotatable bonds is 4. The topological polar surface area (TPSA) is 23.5 Å². The highest BCUT2D eigenvalue weighted by molar-refractivity contribution is 6.31. The van der Waals surface area contributed by atoms with Crippen molar-refractivity contribution < 1.29 is 5.11 Å². The van der Waals surface area contributed by atoms with Gasteiger partial charge in [0, 0.05) is 17.6 Å². The molecular weight excluding hydrogens is 330 g/mol. The number of halogens is 1. The van der Waals surface area contributed by atoms with Crippen LogP contribution in [0.5, 0.6) is 5.75 Å². The van der Waals surface area contributed by atoms with E-state index in [1.165, 1.54) is 43.2 Å². The molecule has 0 amide bonds. The number of hydrogen-bond donors (Lipinski definition) is 1. The molecule has 0 radical (unpaired) electrons. The van der Waals surface area contributed by atoms with Crippen LogP contribution in [0.25, 0.3) is 0 Å². The van der Waals surface area contributed by atoms with E-state index in [4.69, 9.17) is 11.6 Å². The number of hydrogen-bond acceptors (Lipinski definition) is 2. The molecule has 2 bridgehead atoms. The molecule has 0 unspecified atom stereocenters. The quantitative estimate of drug-likeness (QED) is 0.817. The highest BCUT2D eigenvalue weighted by atomic mass is 35.5. The molecule has 1 aliphatic carbocycles. The second kappa shape index (κ2) is 7.01. The van der Waals surface area contributed by atoms with E-state index in [2.05, 4.69) is 23.1 Å². The minimum atomic E-state index is 0.266. The van der Waals surface area contributed by atoms with Crippen LogP contribution in [0.3, 0.4) is 0 Å². The Bertz CT molecular complexity index is 746. The SMILES string of the molecule is Oc1cccc([C@@]23CCC[C@@H](C2)N(CCc2ccccc2Cl)CC3)c1. The van der Waals surface area contributed by atoms with Crippen LogP contribution in [0, 0.1) is 0 Å². The summed E-state index contributed by atoms with van der Waals surface area (Å²) in [6.07, 6.45) is 7.26. The van der Waals surface area contributed by atoms with Crippen molar-refractivity contribution in [1.82, 2.24) is 4.90 Å². The summed E-state index contributed by atoms with van der Waals surface area (Å²) in [5, 5.41) is 10.8. The average Bonchev–Trinajstić information content (AvgIpc) is 2.63. The lowest BCUT2D eigenvalue weighted by Crippen LogP contribution is -2.52. The molecule has 3 heteroatoms. The molecule has 2 nitrogen and oxygen atoms in total. The number of likely N-dealkylation sites (tertiary alicyclic amines) is 1. The van der Waals surface area contributed by atoms with E-state index in [1.807, 2.05) is 24.3 Å². The van der Waals surface area contributed by atoms with E-state index in [9.17, 15) is 5.11 Å². The summed E-state index contributed by atoms with van der Waals surface area (Å²) < 4.78 is 0. The summed E-state index contributed by atoms with van der Waals surface area (Å²) in [7, 11) is 0. The van der Waals surface area contributed by atoms with Crippen molar-refractivity contribution in [2.45, 2.75) is 50.0 Å². The average molecular weight is 356 g/mol. The maximum absolute atomic E-state index is 9.90. The number of fused-ring (bicyclic) bond motifs is 2. The minimum Gasteiger partial charge on any atom is -0.508 e. The van der Waals surface area contributed by atoms with Crippen molar-refractivity contribution in [3.8, 4) is 5.75 Å². The highest BCUT2D eigenvalue weighted by Crippen LogP contribution is 2.47. The van der Waals surface area contributed by atoms with E-state index < -0.39 is 0 Å². The summed E-state index contributed by atoms with van der Waals surface area (Å²) in [5.74, 6) is 0.398. The van der Waals surface area contributed by atoms with Gasteiger partial charge in [-0.15, -0.1) is 0 Å². The number of phenols is 1. The molecule has 4 rings (SSSR count). The van der Waals surface area contributed by atoms with Crippen molar-refractivity contribution >= 4 is 11.6 Å². The van der Waals surface area contributed by atoms with Gasteiger partial charge in [-0.1, -0.05) is 48.4 Å². The third-order valence-electron chi connectivity index (χ3n) is 6.30. The fourth-order valence-corrected chi connectivity index (χ4v) is 5.14. The fourth-order valence-electron chi connectivity index (χ4n) is 4.91. The Balaban J connectivity index is 1.46. The first-order valence-corrected chi connectivity index (χ1v) is 9.81. The molecule has 2 aromatic carbocycles. The van der Waals surface area contributed by atoms with Crippen LogP contribution in [-0.2, 0) is 11.8 Å². The summed E-state index contributed by atoms with van der Waals surface area (Å²) in [6.45, 7) is 2.23. The molecule has 2 fully saturated rings. The Hall–Kier alpha value is -1.51. The van der Waals surface area contributed by atoms with Crippen molar-refractivity contribution in [2.75, 3.05) is 13.1 Å². The van der Waals surface area contributed by atoms with Gasteiger partial charge in [0.2, 0.25) is 0 Å². The van der Waals surface area contributed by atoms with Crippen LogP contribution < -0.4 is 0 Å². The molecule has 132 valence electrons. The van der Waals surface area contributed by atoms with Crippen LogP contribution in [0.15, 0.2) is 48.5 Å². The van der Waals surface area contributed by atoms with Crippen molar-refractivity contribution in [1.29, 1.82) is 0 Å². The molecule has 1 saturated heterocycles. The first-order chi connectivity index (χ1) is 12.2. The second-order valence-corrected chi connectivity index (χ2v) is 8.12. The van der Waals surface area contributed by atoms with E-state index in [0.717, 1.165) is 24.5 Å². The largest absolute Gasteiger partial charge is 0.508 e. The van der Waals surface area contributed by atoms with Gasteiger partial charge in [0.05, 0.1) is 0 Å². The van der Waals surface area contributed by atoms with E-state index >= 15 is 0 Å². The standard InChI is InChI=1S/C22H26ClNO/c23-21-9-2-1-5-17(21)10-13-24-14-12-22(11-4-7-19(24)16-22)18-6-3-8-20(25)15-18/h1-3,5-6,8-9,15,19,25H,4,7,10-14,16H2/t19-,22+/m0/s1. The predicted molar refractivity (Wildman–Crippen MR) is 103 cm³/mol. The molecule has 2 atom stereocenters. The van der Waals surface area contributed by atoms with Gasteiger partial charge in [-0.25, -0.2) is 0 Å². The molecule has 1 heterocycles. The van der Waals surface area contributed by atoms with Crippen LogP contribution in [0.1, 0.15) is 43.2 Å². The molecule has 1 saturated carbocycles. The predicted octanol–water partition coefficient (Wildman–Crippen LogP) is 5.17. The number of phenolic OH excluding ortho intramolecular Hbond substituents is 1. The number of piperidine rings is 1. The van der Waals surface area contributed by atoms with Gasteiger partial charge in [-0.05, 0) is 73.4 Å². The van der Waals surface area contributed by atoms with Gasteiger partial charge in [0.1, 0.15) is 5.75 Å². The van der Waals surface area contributed by atoms with E-state index in [0.29, 0.717) is 11.8 Å². The molecule has 1 N–H and O–H groups in total. The Kier molecular flexibility index (Phi) is 4.75. The molecule has 1 aliphatic heterocycles. The maximum atomic E-state index is 9.90. The zero-order chi connectivity index (χ0) is 17.3. The Labute approximate surface area is 155 Å². The molecule has 2 aliphatic rings. The Morgan fingerprint density at radius 2 is 2.00 bits per heavy atom. The third-order valence-corrected chi connectivity index (χ3v) is 6.67. The van der Waals surface area contributed by atoms with Gasteiger partial charge in [0.25, 0.3) is 0 Å². The first kappa shape index (κ1) is 16.9. The van der Waals surface area contributed by atoms with E-state index in [1.54, 1.807) is 6.07 Å². The fraction of sp³-hybridized carbons (Fsp3) is 0.455. The molecule has 0 spiro atoms. The second-order valence-electron chi connectivity index (χ2n) is 7.71. The molecular formula is C22H26ClNO. The zero-order valence-electron chi connectivity index (χ0n) is 14.6. The van der Waals surface area contributed by atoms with Crippen LogP contribution in [0.2, 0.25) is 5.02 Å². The van der Waals surface area contributed by atoms with Crippen molar-refractivity contribution in [3.05, 3.63) is 64.7 Å². The van der Waals surface area contributed by atoms with Gasteiger partial charge in [0.15, 0.2) is 0 Å². The van der Waals surface area contributed by atoms with Crippen LogP contribution in [0.4, 0.5) is 0 Å². The van der Waals surface area contributed by atoms with Gasteiger partial charge < -0.3 is 5.11 Å². The molecule has 2 aromatic rings. The van der Waals surface area contributed by atoms with Crippen molar-refractivity contribution in [3.63, 3.8) is 0 Å². The summed E-state index contributed by atoms with van der Waals surface area (Å²) >= 11 is 6.32. The van der Waals surface area contributed by atoms with Gasteiger partial charge in [-0.3, -0.25) is 4.90 Å². The zero-order valence-corrected chi connectivity index (χ0v) is 15.4. The van der Waals surface area contributed by atoms with Crippen molar-refractivity contribution in [2.24, 2.45) is 0 Å². The lowest BCUT2D eigenvalue weighted by Gasteiger charge is -2.51. The Morgan fingerprint density at radius 3 is 2.84 bits per heavy atom.